The van der Waals surface area contributed by atoms with Gasteiger partial charge in [0, 0.05) is 17.3 Å². The molecule has 1 fully saturated rings. The van der Waals surface area contributed by atoms with E-state index >= 15 is 0 Å². The van der Waals surface area contributed by atoms with Crippen molar-refractivity contribution in [2.24, 2.45) is 0 Å². The third kappa shape index (κ3) is 3.35. The van der Waals surface area contributed by atoms with Gasteiger partial charge in [-0.2, -0.15) is 13.2 Å². The Morgan fingerprint density at radius 1 is 1.50 bits per heavy atom. The Labute approximate surface area is 107 Å². The molecule has 1 aliphatic rings. The maximum absolute atomic E-state index is 12.4. The van der Waals surface area contributed by atoms with Crippen LogP contribution in [0.15, 0.2) is 18.3 Å². The van der Waals surface area contributed by atoms with Gasteiger partial charge in [-0.3, -0.25) is 9.78 Å². The Hall–Kier alpha value is -1.30. The third-order valence-corrected chi connectivity index (χ3v) is 2.77. The lowest BCUT2D eigenvalue weighted by Gasteiger charge is -2.23. The molecule has 2 rings (SSSR count). The molecule has 0 aromatic carbocycles. The summed E-state index contributed by atoms with van der Waals surface area (Å²) in [7, 11) is 0. The first-order chi connectivity index (χ1) is 8.37. The van der Waals surface area contributed by atoms with Crippen LogP contribution in [0.3, 0.4) is 0 Å². The van der Waals surface area contributed by atoms with Crippen molar-refractivity contribution in [3.05, 3.63) is 29.0 Å². The van der Waals surface area contributed by atoms with Crippen molar-refractivity contribution in [2.45, 2.75) is 25.1 Å². The van der Waals surface area contributed by atoms with Gasteiger partial charge in [0.25, 0.3) is 5.91 Å². The van der Waals surface area contributed by atoms with Crippen LogP contribution in [0, 0.1) is 0 Å². The van der Waals surface area contributed by atoms with Crippen molar-refractivity contribution >= 4 is 17.5 Å². The average Bonchev–Trinajstić information content (AvgIpc) is 3.07. The molecule has 1 aromatic rings. The molecule has 0 spiro atoms. The minimum atomic E-state index is -4.41. The molecule has 1 aromatic heterocycles. The fourth-order valence-electron chi connectivity index (χ4n) is 1.61. The number of hydrogen-bond acceptors (Lipinski definition) is 2. The van der Waals surface area contributed by atoms with Gasteiger partial charge in [0.15, 0.2) is 0 Å². The molecule has 0 unspecified atom stereocenters. The molecule has 0 saturated heterocycles. The van der Waals surface area contributed by atoms with Crippen molar-refractivity contribution in [2.75, 3.05) is 6.54 Å². The number of pyridine rings is 1. The summed E-state index contributed by atoms with van der Waals surface area (Å²) in [6.07, 6.45) is -1.91. The largest absolute Gasteiger partial charge is 0.406 e. The Bertz CT molecular complexity index is 460. The lowest BCUT2D eigenvalue weighted by atomic mass is 10.3. The molecular weight excluding hydrogens is 269 g/mol. The molecule has 7 heteroatoms. The van der Waals surface area contributed by atoms with Crippen LogP contribution in [0.2, 0.25) is 5.02 Å². The molecule has 0 bridgehead atoms. The number of carbonyl (C=O) groups excluding carboxylic acids is 1. The van der Waals surface area contributed by atoms with Gasteiger partial charge in [-0.1, -0.05) is 11.6 Å². The summed E-state index contributed by atoms with van der Waals surface area (Å²) in [5, 5.41) is 0.274. The molecule has 0 N–H and O–H groups in total. The average molecular weight is 279 g/mol. The zero-order chi connectivity index (χ0) is 13.3. The van der Waals surface area contributed by atoms with Crippen LogP contribution >= 0.6 is 11.6 Å². The van der Waals surface area contributed by atoms with E-state index in [0.29, 0.717) is 12.8 Å². The summed E-state index contributed by atoms with van der Waals surface area (Å²) in [6.45, 7) is -1.25. The van der Waals surface area contributed by atoms with Crippen molar-refractivity contribution in [3.63, 3.8) is 0 Å². The topological polar surface area (TPSA) is 33.2 Å². The molecule has 3 nitrogen and oxygen atoms in total. The van der Waals surface area contributed by atoms with E-state index in [1.807, 2.05) is 0 Å². The van der Waals surface area contributed by atoms with E-state index in [1.54, 1.807) is 0 Å². The minimum absolute atomic E-state index is 0.0568. The first-order valence-electron chi connectivity index (χ1n) is 5.36. The van der Waals surface area contributed by atoms with Crippen LogP contribution in [-0.4, -0.2) is 34.6 Å². The molecule has 1 heterocycles. The predicted molar refractivity (Wildman–Crippen MR) is 59.4 cm³/mol. The van der Waals surface area contributed by atoms with E-state index in [-0.39, 0.29) is 16.8 Å². The normalized spacial score (nSPS) is 15.6. The Kier molecular flexibility index (Phi) is 3.47. The van der Waals surface area contributed by atoms with Gasteiger partial charge in [-0.05, 0) is 25.0 Å². The zero-order valence-electron chi connectivity index (χ0n) is 9.25. The van der Waals surface area contributed by atoms with Crippen molar-refractivity contribution in [1.82, 2.24) is 9.88 Å². The number of amides is 1. The first kappa shape index (κ1) is 13.1. The number of rotatable bonds is 3. The molecule has 0 radical (unpaired) electrons. The van der Waals surface area contributed by atoms with Gasteiger partial charge in [-0.25, -0.2) is 0 Å². The Morgan fingerprint density at radius 2 is 2.17 bits per heavy atom. The Morgan fingerprint density at radius 3 is 2.67 bits per heavy atom. The number of aromatic nitrogens is 1. The zero-order valence-corrected chi connectivity index (χ0v) is 10.0. The lowest BCUT2D eigenvalue weighted by molar-refractivity contribution is -0.141. The molecule has 18 heavy (non-hydrogen) atoms. The predicted octanol–water partition coefficient (Wildman–Crippen LogP) is 2.90. The number of carbonyl (C=O) groups is 1. The number of halogens is 4. The molecular formula is C11H10ClF3N2O. The summed E-state index contributed by atoms with van der Waals surface area (Å²) < 4.78 is 37.2. The summed E-state index contributed by atoms with van der Waals surface area (Å²) in [4.78, 5) is 16.5. The van der Waals surface area contributed by atoms with Crippen LogP contribution in [0.1, 0.15) is 23.3 Å². The van der Waals surface area contributed by atoms with E-state index in [2.05, 4.69) is 4.98 Å². The quantitative estimate of drug-likeness (QED) is 0.852. The van der Waals surface area contributed by atoms with Crippen molar-refractivity contribution in [1.29, 1.82) is 0 Å². The maximum atomic E-state index is 12.4. The number of alkyl halides is 3. The highest BCUT2D eigenvalue weighted by Gasteiger charge is 2.41. The monoisotopic (exact) mass is 278 g/mol. The van der Waals surface area contributed by atoms with Gasteiger partial charge in [0.05, 0.1) is 0 Å². The standard InChI is InChI=1S/C11H10ClF3N2O/c12-7-3-4-16-9(5-7)10(18)17(8-1-2-8)6-11(13,14)15/h3-5,8H,1-2,6H2. The van der Waals surface area contributed by atoms with Crippen LogP contribution in [0.5, 0.6) is 0 Å². The van der Waals surface area contributed by atoms with E-state index < -0.39 is 18.6 Å². The number of hydrogen-bond donors (Lipinski definition) is 0. The third-order valence-electron chi connectivity index (χ3n) is 2.54. The fourth-order valence-corrected chi connectivity index (χ4v) is 1.77. The summed E-state index contributed by atoms with van der Waals surface area (Å²) in [5.41, 5.74) is -0.0568. The smallest absolute Gasteiger partial charge is 0.325 e. The van der Waals surface area contributed by atoms with Crippen LogP contribution in [0.25, 0.3) is 0 Å². The molecule has 98 valence electrons. The highest BCUT2D eigenvalue weighted by molar-refractivity contribution is 6.30. The highest BCUT2D eigenvalue weighted by atomic mass is 35.5. The van der Waals surface area contributed by atoms with Gasteiger partial charge >= 0.3 is 6.18 Å². The summed E-state index contributed by atoms with van der Waals surface area (Å²) >= 11 is 5.69. The SMILES string of the molecule is O=C(c1cc(Cl)ccn1)N(CC(F)(F)F)C1CC1. The van der Waals surface area contributed by atoms with Crippen LogP contribution in [0.4, 0.5) is 13.2 Å². The molecule has 1 saturated carbocycles. The van der Waals surface area contributed by atoms with Crippen LogP contribution < -0.4 is 0 Å². The molecule has 0 aliphatic heterocycles. The van der Waals surface area contributed by atoms with E-state index in [0.717, 1.165) is 4.90 Å². The summed E-state index contributed by atoms with van der Waals surface area (Å²) in [6, 6.07) is 2.40. The van der Waals surface area contributed by atoms with Crippen molar-refractivity contribution < 1.29 is 18.0 Å². The van der Waals surface area contributed by atoms with E-state index in [1.165, 1.54) is 18.3 Å². The van der Waals surface area contributed by atoms with Gasteiger partial charge in [0.2, 0.25) is 0 Å². The number of nitrogens with zero attached hydrogens (tertiary/aromatic N) is 2. The van der Waals surface area contributed by atoms with Gasteiger partial charge in [0.1, 0.15) is 12.2 Å². The lowest BCUT2D eigenvalue weighted by Crippen LogP contribution is -2.40. The maximum Gasteiger partial charge on any atom is 0.406 e. The summed E-state index contributed by atoms with van der Waals surface area (Å²) in [5.74, 6) is -0.725. The fraction of sp³-hybridized carbons (Fsp3) is 0.455. The molecule has 1 amide bonds. The second kappa shape index (κ2) is 4.76. The second-order valence-corrected chi connectivity index (χ2v) is 4.58. The molecule has 0 atom stereocenters. The van der Waals surface area contributed by atoms with Crippen molar-refractivity contribution in [3.8, 4) is 0 Å². The second-order valence-electron chi connectivity index (χ2n) is 4.14. The van der Waals surface area contributed by atoms with E-state index in [4.69, 9.17) is 11.6 Å². The first-order valence-corrected chi connectivity index (χ1v) is 5.74. The van der Waals surface area contributed by atoms with Gasteiger partial charge in [-0.15, -0.1) is 0 Å². The molecule has 1 aliphatic carbocycles. The highest BCUT2D eigenvalue weighted by Crippen LogP contribution is 2.31. The van der Waals surface area contributed by atoms with Gasteiger partial charge < -0.3 is 4.90 Å². The Balaban J connectivity index is 2.18. The minimum Gasteiger partial charge on any atom is -0.325 e. The van der Waals surface area contributed by atoms with Crippen LogP contribution in [-0.2, 0) is 0 Å². The van der Waals surface area contributed by atoms with E-state index in [9.17, 15) is 18.0 Å².